The van der Waals surface area contributed by atoms with Crippen LogP contribution in [0.5, 0.6) is 0 Å². The van der Waals surface area contributed by atoms with E-state index in [2.05, 4.69) is 15.1 Å². The summed E-state index contributed by atoms with van der Waals surface area (Å²) in [6.45, 7) is 2.59. The number of aromatic nitrogens is 4. The van der Waals surface area contributed by atoms with Gasteiger partial charge in [-0.3, -0.25) is 4.79 Å². The van der Waals surface area contributed by atoms with Gasteiger partial charge < -0.3 is 10.6 Å². The number of carbonyl (C=O) groups excluding carboxylic acids is 1. The molecular formula is C9H11ClN6O. The summed E-state index contributed by atoms with van der Waals surface area (Å²) in [5.74, 6) is 0.599. The first-order valence-corrected chi connectivity index (χ1v) is 5.39. The van der Waals surface area contributed by atoms with Crippen LogP contribution in [-0.4, -0.2) is 38.6 Å². The highest BCUT2D eigenvalue weighted by Crippen LogP contribution is 2.18. The van der Waals surface area contributed by atoms with Crippen molar-refractivity contribution in [1.82, 2.24) is 19.6 Å². The minimum Gasteiger partial charge on any atom is -0.368 e. The van der Waals surface area contributed by atoms with Gasteiger partial charge in [-0.25, -0.2) is 0 Å². The fourth-order valence-electron chi connectivity index (χ4n) is 1.54. The summed E-state index contributed by atoms with van der Waals surface area (Å²) in [6.07, 6.45) is 1.38. The lowest BCUT2D eigenvalue weighted by Crippen LogP contribution is -2.35. The average molecular weight is 255 g/mol. The molecule has 2 aromatic rings. The third-order valence-electron chi connectivity index (χ3n) is 2.25. The minimum atomic E-state index is -0.423. The van der Waals surface area contributed by atoms with Crippen molar-refractivity contribution < 1.29 is 4.79 Å². The van der Waals surface area contributed by atoms with Crippen molar-refractivity contribution in [2.75, 3.05) is 18.0 Å². The Morgan fingerprint density at radius 3 is 3.06 bits per heavy atom. The predicted molar refractivity (Wildman–Crippen MR) is 62.9 cm³/mol. The minimum absolute atomic E-state index is 0.0891. The molecular weight excluding hydrogens is 244 g/mol. The van der Waals surface area contributed by atoms with E-state index in [0.29, 0.717) is 23.3 Å². The zero-order valence-corrected chi connectivity index (χ0v) is 9.92. The summed E-state index contributed by atoms with van der Waals surface area (Å²) in [4.78, 5) is 20.7. The average Bonchev–Trinajstić information content (AvgIpc) is 2.72. The molecule has 0 radical (unpaired) electrons. The number of primary amides is 1. The lowest BCUT2D eigenvalue weighted by Gasteiger charge is -2.21. The number of nitrogens with zero attached hydrogens (tertiary/aromatic N) is 5. The van der Waals surface area contributed by atoms with Crippen LogP contribution in [0.25, 0.3) is 5.78 Å². The Balaban J connectivity index is 2.51. The fourth-order valence-corrected chi connectivity index (χ4v) is 1.71. The van der Waals surface area contributed by atoms with Crippen LogP contribution >= 0.6 is 11.6 Å². The monoisotopic (exact) mass is 254 g/mol. The summed E-state index contributed by atoms with van der Waals surface area (Å²) < 4.78 is 1.51. The molecule has 1 amide bonds. The number of hydrogen-bond acceptors (Lipinski definition) is 5. The molecule has 0 aromatic carbocycles. The quantitative estimate of drug-likeness (QED) is 0.781. The summed E-state index contributed by atoms with van der Waals surface area (Å²) in [6, 6.07) is 1.62. The van der Waals surface area contributed by atoms with Crippen LogP contribution in [0.2, 0.25) is 5.15 Å². The first-order chi connectivity index (χ1) is 8.11. The van der Waals surface area contributed by atoms with Gasteiger partial charge in [0.1, 0.15) is 17.3 Å². The maximum atomic E-state index is 11.0. The number of hydrogen-bond donors (Lipinski definition) is 1. The largest absolute Gasteiger partial charge is 0.368 e. The first-order valence-electron chi connectivity index (χ1n) is 5.01. The number of nitrogens with two attached hydrogens (primary N) is 1. The van der Waals surface area contributed by atoms with Gasteiger partial charge in [-0.05, 0) is 6.92 Å². The van der Waals surface area contributed by atoms with Crippen molar-refractivity contribution in [2.45, 2.75) is 6.92 Å². The standard InChI is InChI=1S/C9H11ClN6O/c1-2-15(4-7(11)17)8-3-6(10)14-9-12-5-13-16(8)9/h3,5H,2,4H2,1H3,(H2,11,17). The molecule has 0 saturated carbocycles. The lowest BCUT2D eigenvalue weighted by atomic mass is 10.4. The molecule has 2 N–H and O–H groups in total. The van der Waals surface area contributed by atoms with E-state index in [1.54, 1.807) is 11.0 Å². The molecule has 17 heavy (non-hydrogen) atoms. The van der Waals surface area contributed by atoms with E-state index in [9.17, 15) is 4.79 Å². The number of fused-ring (bicyclic) bond motifs is 1. The Morgan fingerprint density at radius 1 is 1.65 bits per heavy atom. The molecule has 0 bridgehead atoms. The van der Waals surface area contributed by atoms with Crippen molar-refractivity contribution in [3.8, 4) is 0 Å². The second kappa shape index (κ2) is 4.54. The van der Waals surface area contributed by atoms with E-state index < -0.39 is 5.91 Å². The molecule has 0 fully saturated rings. The van der Waals surface area contributed by atoms with E-state index in [1.807, 2.05) is 6.92 Å². The molecule has 7 nitrogen and oxygen atoms in total. The van der Waals surface area contributed by atoms with Gasteiger partial charge in [0.05, 0.1) is 6.54 Å². The van der Waals surface area contributed by atoms with Gasteiger partial charge >= 0.3 is 0 Å². The van der Waals surface area contributed by atoms with Gasteiger partial charge in [-0.15, -0.1) is 0 Å². The van der Waals surface area contributed by atoms with Gasteiger partial charge in [-0.1, -0.05) is 11.6 Å². The van der Waals surface area contributed by atoms with Gasteiger partial charge in [0.25, 0.3) is 5.78 Å². The Bertz CT molecular complexity index is 553. The van der Waals surface area contributed by atoms with Crippen LogP contribution in [0.1, 0.15) is 6.92 Å². The van der Waals surface area contributed by atoms with E-state index in [1.165, 1.54) is 10.8 Å². The normalized spacial score (nSPS) is 10.7. The SMILES string of the molecule is CCN(CC(N)=O)c1cc(Cl)nc2ncnn12. The lowest BCUT2D eigenvalue weighted by molar-refractivity contribution is -0.116. The van der Waals surface area contributed by atoms with Crippen molar-refractivity contribution >= 4 is 29.1 Å². The Morgan fingerprint density at radius 2 is 2.41 bits per heavy atom. The van der Waals surface area contributed by atoms with Crippen LogP contribution in [0, 0.1) is 0 Å². The topological polar surface area (TPSA) is 89.4 Å². The highest BCUT2D eigenvalue weighted by molar-refractivity contribution is 6.29. The van der Waals surface area contributed by atoms with Crippen LogP contribution in [0.15, 0.2) is 12.4 Å². The van der Waals surface area contributed by atoms with Gasteiger partial charge in [0, 0.05) is 12.6 Å². The van der Waals surface area contributed by atoms with Crippen LogP contribution in [0.4, 0.5) is 5.82 Å². The molecule has 0 spiro atoms. The summed E-state index contributed by atoms with van der Waals surface area (Å²) in [5.41, 5.74) is 5.19. The molecule has 2 rings (SSSR count). The molecule has 90 valence electrons. The molecule has 0 aliphatic carbocycles. The second-order valence-corrected chi connectivity index (χ2v) is 3.78. The Hall–Kier alpha value is -1.89. The third kappa shape index (κ3) is 2.28. The number of halogens is 1. The fraction of sp³-hybridized carbons (Fsp3) is 0.333. The van der Waals surface area contributed by atoms with Crippen molar-refractivity contribution in [3.05, 3.63) is 17.5 Å². The maximum absolute atomic E-state index is 11.0. The van der Waals surface area contributed by atoms with Crippen LogP contribution < -0.4 is 10.6 Å². The molecule has 0 aliphatic rings. The van der Waals surface area contributed by atoms with E-state index in [-0.39, 0.29) is 6.54 Å². The van der Waals surface area contributed by atoms with E-state index in [4.69, 9.17) is 17.3 Å². The summed E-state index contributed by atoms with van der Waals surface area (Å²) >= 11 is 5.88. The number of likely N-dealkylation sites (N-methyl/N-ethyl adjacent to an activating group) is 1. The molecule has 0 unspecified atom stereocenters. The van der Waals surface area contributed by atoms with Gasteiger partial charge in [0.2, 0.25) is 5.91 Å². The molecule has 0 saturated heterocycles. The molecule has 0 aliphatic heterocycles. The highest BCUT2D eigenvalue weighted by atomic mass is 35.5. The third-order valence-corrected chi connectivity index (χ3v) is 2.45. The number of carbonyl (C=O) groups is 1. The molecule has 2 heterocycles. The zero-order chi connectivity index (χ0) is 12.4. The van der Waals surface area contributed by atoms with Crippen LogP contribution in [0.3, 0.4) is 0 Å². The highest BCUT2D eigenvalue weighted by Gasteiger charge is 2.14. The van der Waals surface area contributed by atoms with Crippen molar-refractivity contribution in [1.29, 1.82) is 0 Å². The van der Waals surface area contributed by atoms with Gasteiger partial charge in [-0.2, -0.15) is 19.6 Å². The van der Waals surface area contributed by atoms with E-state index >= 15 is 0 Å². The number of anilines is 1. The predicted octanol–water partition coefficient (Wildman–Crippen LogP) is 0.0893. The number of amides is 1. The smallest absolute Gasteiger partial charge is 0.255 e. The maximum Gasteiger partial charge on any atom is 0.255 e. The Kier molecular flexibility index (Phi) is 3.10. The summed E-state index contributed by atoms with van der Waals surface area (Å²) in [7, 11) is 0. The van der Waals surface area contributed by atoms with E-state index in [0.717, 1.165) is 0 Å². The van der Waals surface area contributed by atoms with Crippen molar-refractivity contribution in [2.24, 2.45) is 5.73 Å². The molecule has 2 aromatic heterocycles. The van der Waals surface area contributed by atoms with Crippen LogP contribution in [-0.2, 0) is 4.79 Å². The van der Waals surface area contributed by atoms with Crippen molar-refractivity contribution in [3.63, 3.8) is 0 Å². The molecule has 8 heteroatoms. The van der Waals surface area contributed by atoms with Gasteiger partial charge in [0.15, 0.2) is 0 Å². The summed E-state index contributed by atoms with van der Waals surface area (Å²) in [5, 5.41) is 4.32. The second-order valence-electron chi connectivity index (χ2n) is 3.39. The Labute approximate surface area is 102 Å². The zero-order valence-electron chi connectivity index (χ0n) is 9.17. The first kappa shape index (κ1) is 11.6. The number of rotatable bonds is 4. The molecule has 0 atom stereocenters.